The highest BCUT2D eigenvalue weighted by Crippen LogP contribution is 2.41. The van der Waals surface area contributed by atoms with E-state index >= 15 is 0 Å². The van der Waals surface area contributed by atoms with Gasteiger partial charge in [0.2, 0.25) is 0 Å². The lowest BCUT2D eigenvalue weighted by Gasteiger charge is -2.20. The van der Waals surface area contributed by atoms with Gasteiger partial charge >= 0.3 is 0 Å². The summed E-state index contributed by atoms with van der Waals surface area (Å²) in [5, 5.41) is 2.10. The fraction of sp³-hybridized carbons (Fsp3) is 0.0952. The highest BCUT2D eigenvalue weighted by Gasteiger charge is 2.27. The minimum atomic E-state index is -1.15. The average Bonchev–Trinajstić information content (AvgIpc) is 2.63. The van der Waals surface area contributed by atoms with Crippen molar-refractivity contribution in [1.82, 2.24) is 0 Å². The molecule has 0 bridgehead atoms. The molecule has 0 saturated heterocycles. The number of carbonyl (C=O) groups is 1. The maximum absolute atomic E-state index is 13.5. The van der Waals surface area contributed by atoms with Crippen LogP contribution in [0.1, 0.15) is 15.9 Å². The van der Waals surface area contributed by atoms with E-state index in [1.54, 1.807) is 7.11 Å². The lowest BCUT2D eigenvalue weighted by Crippen LogP contribution is -2.19. The van der Waals surface area contributed by atoms with E-state index in [0.717, 1.165) is 16.2 Å². The summed E-state index contributed by atoms with van der Waals surface area (Å²) in [4.78, 5) is 13.5. The van der Waals surface area contributed by atoms with Crippen LogP contribution in [0.25, 0.3) is 0 Å². The van der Waals surface area contributed by atoms with Crippen LogP contribution in [0.3, 0.4) is 0 Å². The highest BCUT2D eigenvalue weighted by molar-refractivity contribution is 7.88. The summed E-state index contributed by atoms with van der Waals surface area (Å²) in [6, 6.07) is 25.7. The van der Waals surface area contributed by atoms with Crippen LogP contribution in [-0.4, -0.2) is 12.6 Å². The van der Waals surface area contributed by atoms with E-state index in [9.17, 15) is 4.79 Å². The first-order valence-electron chi connectivity index (χ1n) is 7.80. The Morgan fingerprint density at radius 2 is 1.33 bits per heavy atom. The molecule has 0 aromatic heterocycles. The number of methoxy groups -OCH3 is 1. The van der Waals surface area contributed by atoms with Gasteiger partial charge in [0.05, 0.1) is 12.7 Å². The summed E-state index contributed by atoms with van der Waals surface area (Å²) >= 11 is 0. The summed E-state index contributed by atoms with van der Waals surface area (Å²) in [7, 11) is 0.465. The third-order valence-electron chi connectivity index (χ3n) is 3.90. The van der Waals surface area contributed by atoms with Crippen molar-refractivity contribution in [3.05, 3.63) is 90.0 Å². The Hall–Kier alpha value is -2.44. The maximum atomic E-state index is 13.5. The molecular weight excluding hydrogens is 315 g/mol. The number of hydrogen-bond acceptors (Lipinski definition) is 2. The fourth-order valence-electron chi connectivity index (χ4n) is 2.73. The summed E-state index contributed by atoms with van der Waals surface area (Å²) in [6.07, 6.45) is 0. The van der Waals surface area contributed by atoms with Gasteiger partial charge < -0.3 is 4.74 Å². The van der Waals surface area contributed by atoms with Gasteiger partial charge in [-0.2, -0.15) is 0 Å². The molecule has 0 aliphatic carbocycles. The lowest BCUT2D eigenvalue weighted by atomic mass is 10.1. The lowest BCUT2D eigenvalue weighted by molar-refractivity contribution is 0.108. The van der Waals surface area contributed by atoms with Crippen LogP contribution in [0, 0.1) is 6.92 Å². The zero-order chi connectivity index (χ0) is 16.9. The summed E-state index contributed by atoms with van der Waals surface area (Å²) in [5.41, 5.74) is 1.75. The molecule has 0 heterocycles. The van der Waals surface area contributed by atoms with Crippen LogP contribution in [-0.2, 0) is 0 Å². The molecule has 0 aliphatic rings. The van der Waals surface area contributed by atoms with Crippen LogP contribution < -0.4 is 15.3 Å². The highest BCUT2D eigenvalue weighted by atomic mass is 31.1. The topological polar surface area (TPSA) is 26.3 Å². The van der Waals surface area contributed by atoms with Crippen molar-refractivity contribution in [3.8, 4) is 5.75 Å². The summed E-state index contributed by atoms with van der Waals surface area (Å²) < 4.78 is 5.46. The normalized spacial score (nSPS) is 10.6. The number of benzene rings is 3. The van der Waals surface area contributed by atoms with Gasteiger partial charge in [0.1, 0.15) is 5.75 Å². The van der Waals surface area contributed by atoms with Gasteiger partial charge in [0.25, 0.3) is 0 Å². The molecule has 0 aliphatic heterocycles. The Labute approximate surface area is 143 Å². The predicted molar refractivity (Wildman–Crippen MR) is 101 cm³/mol. The van der Waals surface area contributed by atoms with Gasteiger partial charge in [-0.1, -0.05) is 72.8 Å². The second-order valence-electron chi connectivity index (χ2n) is 5.46. The molecule has 2 nitrogen and oxygen atoms in total. The zero-order valence-corrected chi connectivity index (χ0v) is 14.7. The molecule has 0 unspecified atom stereocenters. The van der Waals surface area contributed by atoms with E-state index in [-0.39, 0.29) is 5.52 Å². The van der Waals surface area contributed by atoms with Crippen molar-refractivity contribution in [2.24, 2.45) is 0 Å². The van der Waals surface area contributed by atoms with Crippen LogP contribution in [0.5, 0.6) is 5.75 Å². The van der Waals surface area contributed by atoms with Crippen molar-refractivity contribution in [1.29, 1.82) is 0 Å². The monoisotopic (exact) mass is 334 g/mol. The van der Waals surface area contributed by atoms with E-state index in [2.05, 4.69) is 0 Å². The minimum Gasteiger partial charge on any atom is -0.496 e. The Morgan fingerprint density at radius 3 is 1.83 bits per heavy atom. The van der Waals surface area contributed by atoms with E-state index in [4.69, 9.17) is 4.74 Å². The first-order valence-corrected chi connectivity index (χ1v) is 9.14. The Balaban J connectivity index is 2.15. The number of carbonyl (C=O) groups excluding carboxylic acids is 1. The average molecular weight is 334 g/mol. The number of ether oxygens (including phenoxy) is 1. The molecule has 3 aromatic carbocycles. The SMILES string of the molecule is COc1cccc(C)c1C(=O)P(c1ccccc1)c1ccccc1. The van der Waals surface area contributed by atoms with Crippen molar-refractivity contribution in [2.45, 2.75) is 6.92 Å². The molecule has 0 amide bonds. The minimum absolute atomic E-state index is 0.123. The van der Waals surface area contributed by atoms with Crippen LogP contribution in [0.4, 0.5) is 0 Å². The number of aryl methyl sites for hydroxylation is 1. The molecule has 0 saturated carbocycles. The second-order valence-corrected chi connectivity index (χ2v) is 7.57. The fourth-order valence-corrected chi connectivity index (χ4v) is 4.95. The van der Waals surface area contributed by atoms with Crippen molar-refractivity contribution < 1.29 is 9.53 Å². The predicted octanol–water partition coefficient (Wildman–Crippen LogP) is 4.28. The maximum Gasteiger partial charge on any atom is 0.197 e. The van der Waals surface area contributed by atoms with Gasteiger partial charge in [-0.05, 0) is 29.2 Å². The molecule has 0 spiro atoms. The third kappa shape index (κ3) is 3.25. The summed E-state index contributed by atoms with van der Waals surface area (Å²) in [6.45, 7) is 1.96. The van der Waals surface area contributed by atoms with Gasteiger partial charge in [0.15, 0.2) is 5.52 Å². The molecular formula is C21H19O2P. The van der Waals surface area contributed by atoms with Crippen LogP contribution in [0.15, 0.2) is 78.9 Å². The molecule has 0 atom stereocenters. The largest absolute Gasteiger partial charge is 0.496 e. The quantitative estimate of drug-likeness (QED) is 0.651. The summed E-state index contributed by atoms with van der Waals surface area (Å²) in [5.74, 6) is 0.638. The Kier molecular flexibility index (Phi) is 5.08. The molecule has 0 N–H and O–H groups in total. The zero-order valence-electron chi connectivity index (χ0n) is 13.8. The molecule has 0 radical (unpaired) electrons. The van der Waals surface area contributed by atoms with E-state index in [1.807, 2.05) is 85.8 Å². The second kappa shape index (κ2) is 7.42. The van der Waals surface area contributed by atoms with Gasteiger partial charge in [0, 0.05) is 7.92 Å². The van der Waals surface area contributed by atoms with Crippen LogP contribution in [0.2, 0.25) is 0 Å². The molecule has 24 heavy (non-hydrogen) atoms. The Bertz CT molecular complexity index is 789. The van der Waals surface area contributed by atoms with E-state index in [1.165, 1.54) is 0 Å². The van der Waals surface area contributed by atoms with Crippen molar-refractivity contribution in [3.63, 3.8) is 0 Å². The van der Waals surface area contributed by atoms with Crippen molar-refractivity contribution in [2.75, 3.05) is 7.11 Å². The molecule has 3 aromatic rings. The van der Waals surface area contributed by atoms with Crippen molar-refractivity contribution >= 4 is 24.1 Å². The number of rotatable bonds is 5. The van der Waals surface area contributed by atoms with Crippen LogP contribution >= 0.6 is 7.92 Å². The van der Waals surface area contributed by atoms with Gasteiger partial charge in [-0.15, -0.1) is 0 Å². The Morgan fingerprint density at radius 1 is 0.792 bits per heavy atom. The van der Waals surface area contributed by atoms with E-state index in [0.29, 0.717) is 11.3 Å². The molecule has 3 rings (SSSR count). The first kappa shape index (κ1) is 16.4. The third-order valence-corrected chi connectivity index (χ3v) is 6.16. The molecule has 3 heteroatoms. The first-order chi connectivity index (χ1) is 11.7. The molecule has 0 fully saturated rings. The van der Waals surface area contributed by atoms with Gasteiger partial charge in [-0.25, -0.2) is 0 Å². The standard InChI is InChI=1S/C21H19O2P/c1-16-10-9-15-19(23-2)20(16)21(22)24(17-11-5-3-6-12-17)18-13-7-4-8-14-18/h3-15H,1-2H3. The van der Waals surface area contributed by atoms with Gasteiger partial charge in [-0.3, -0.25) is 4.79 Å². The molecule has 120 valence electrons. The smallest absolute Gasteiger partial charge is 0.197 e. The van der Waals surface area contributed by atoms with E-state index < -0.39 is 7.92 Å². The number of hydrogen-bond donors (Lipinski definition) is 0.